The Morgan fingerprint density at radius 1 is 0.871 bits per heavy atom. The molecule has 2 amide bonds. The highest BCUT2D eigenvalue weighted by molar-refractivity contribution is 6.35. The summed E-state index contributed by atoms with van der Waals surface area (Å²) in [7, 11) is 3.15. The van der Waals surface area contributed by atoms with Gasteiger partial charge in [0, 0.05) is 13.1 Å². The second kappa shape index (κ2) is 8.46. The molecular weight excluding hydrogens is 392 g/mol. The van der Waals surface area contributed by atoms with Crippen molar-refractivity contribution < 1.29 is 19.1 Å². The van der Waals surface area contributed by atoms with Crippen LogP contribution >= 0.6 is 0 Å². The Bertz CT molecular complexity index is 1070. The normalized spacial score (nSPS) is 16.5. The molecule has 162 valence electrons. The number of likely N-dealkylation sites (tertiary alicyclic amines) is 1. The first-order valence-corrected chi connectivity index (χ1v) is 10.6. The molecule has 2 heterocycles. The molecule has 0 saturated carbocycles. The van der Waals surface area contributed by atoms with Crippen LogP contribution in [-0.2, 0) is 16.1 Å². The Balaban J connectivity index is 1.73. The van der Waals surface area contributed by atoms with Gasteiger partial charge in [0.2, 0.25) is 0 Å². The SMILES string of the molecule is COc1ccc(CN2C(=O)C(c3ccc(C)cc3C)=C(N3CCCC3)C2=O)cc1OC. The number of amides is 2. The minimum atomic E-state index is -0.242. The monoisotopic (exact) mass is 420 g/mol. The molecule has 31 heavy (non-hydrogen) atoms. The Hall–Kier alpha value is -3.28. The zero-order valence-electron chi connectivity index (χ0n) is 18.5. The summed E-state index contributed by atoms with van der Waals surface area (Å²) in [5.41, 5.74) is 4.83. The number of nitrogens with zero attached hydrogens (tertiary/aromatic N) is 2. The van der Waals surface area contributed by atoms with Gasteiger partial charge in [0.1, 0.15) is 5.70 Å². The molecule has 1 fully saturated rings. The number of carbonyl (C=O) groups is 2. The number of aryl methyl sites for hydroxylation is 2. The van der Waals surface area contributed by atoms with Gasteiger partial charge < -0.3 is 14.4 Å². The van der Waals surface area contributed by atoms with Crippen LogP contribution in [0.2, 0.25) is 0 Å². The first-order chi connectivity index (χ1) is 14.9. The molecule has 0 spiro atoms. The molecule has 2 aliphatic rings. The lowest BCUT2D eigenvalue weighted by atomic mass is 9.97. The molecule has 0 aromatic heterocycles. The van der Waals surface area contributed by atoms with E-state index in [4.69, 9.17) is 9.47 Å². The van der Waals surface area contributed by atoms with Crippen LogP contribution in [0.5, 0.6) is 11.5 Å². The lowest BCUT2D eigenvalue weighted by Crippen LogP contribution is -2.34. The average Bonchev–Trinajstić information content (AvgIpc) is 3.36. The van der Waals surface area contributed by atoms with E-state index in [0.29, 0.717) is 22.8 Å². The number of hydrogen-bond acceptors (Lipinski definition) is 5. The second-order valence-electron chi connectivity index (χ2n) is 8.12. The van der Waals surface area contributed by atoms with Gasteiger partial charge in [-0.05, 0) is 55.5 Å². The molecule has 0 unspecified atom stereocenters. The molecule has 0 N–H and O–H groups in total. The maximum absolute atomic E-state index is 13.6. The summed E-state index contributed by atoms with van der Waals surface area (Å²) >= 11 is 0. The van der Waals surface area contributed by atoms with Gasteiger partial charge >= 0.3 is 0 Å². The highest BCUT2D eigenvalue weighted by Gasteiger charge is 2.42. The number of methoxy groups -OCH3 is 2. The van der Waals surface area contributed by atoms with Crippen LogP contribution in [-0.4, -0.2) is 48.9 Å². The van der Waals surface area contributed by atoms with Crippen LogP contribution in [0.15, 0.2) is 42.1 Å². The Morgan fingerprint density at radius 3 is 2.23 bits per heavy atom. The van der Waals surface area contributed by atoms with Gasteiger partial charge in [-0.15, -0.1) is 0 Å². The largest absolute Gasteiger partial charge is 0.493 e. The van der Waals surface area contributed by atoms with E-state index in [9.17, 15) is 9.59 Å². The maximum atomic E-state index is 13.6. The Kier molecular flexibility index (Phi) is 5.72. The molecule has 6 heteroatoms. The molecule has 0 atom stereocenters. The van der Waals surface area contributed by atoms with E-state index >= 15 is 0 Å². The molecular formula is C25H28N2O4. The highest BCUT2D eigenvalue weighted by atomic mass is 16.5. The van der Waals surface area contributed by atoms with Crippen molar-refractivity contribution in [2.45, 2.75) is 33.2 Å². The molecule has 0 radical (unpaired) electrons. The van der Waals surface area contributed by atoms with Crippen LogP contribution in [0.4, 0.5) is 0 Å². The van der Waals surface area contributed by atoms with Crippen LogP contribution in [0.3, 0.4) is 0 Å². The van der Waals surface area contributed by atoms with Gasteiger partial charge in [0.25, 0.3) is 11.8 Å². The molecule has 0 aliphatic carbocycles. The first-order valence-electron chi connectivity index (χ1n) is 10.6. The van der Waals surface area contributed by atoms with E-state index in [1.165, 1.54) is 4.90 Å². The minimum Gasteiger partial charge on any atom is -0.493 e. The number of hydrogen-bond donors (Lipinski definition) is 0. The van der Waals surface area contributed by atoms with Gasteiger partial charge in [-0.25, -0.2) is 0 Å². The summed E-state index contributed by atoms with van der Waals surface area (Å²) in [5, 5.41) is 0. The van der Waals surface area contributed by atoms with Crippen molar-refractivity contribution in [2.75, 3.05) is 27.3 Å². The van der Waals surface area contributed by atoms with Gasteiger partial charge in [0.05, 0.1) is 26.3 Å². The quantitative estimate of drug-likeness (QED) is 0.667. The lowest BCUT2D eigenvalue weighted by Gasteiger charge is -2.20. The number of carbonyl (C=O) groups excluding carboxylic acids is 2. The van der Waals surface area contributed by atoms with Crippen molar-refractivity contribution in [1.29, 1.82) is 0 Å². The lowest BCUT2D eigenvalue weighted by molar-refractivity contribution is -0.138. The van der Waals surface area contributed by atoms with Crippen LogP contribution < -0.4 is 9.47 Å². The minimum absolute atomic E-state index is 0.184. The van der Waals surface area contributed by atoms with Gasteiger partial charge in [-0.1, -0.05) is 29.8 Å². The Labute approximate surface area is 183 Å². The van der Waals surface area contributed by atoms with Gasteiger partial charge in [-0.2, -0.15) is 0 Å². The maximum Gasteiger partial charge on any atom is 0.278 e. The zero-order valence-corrected chi connectivity index (χ0v) is 18.5. The summed E-state index contributed by atoms with van der Waals surface area (Å²) in [4.78, 5) is 30.5. The topological polar surface area (TPSA) is 59.1 Å². The first kappa shape index (κ1) is 21.0. The van der Waals surface area contributed by atoms with Crippen molar-refractivity contribution in [3.8, 4) is 11.5 Å². The van der Waals surface area contributed by atoms with E-state index in [0.717, 1.165) is 48.2 Å². The molecule has 2 aliphatic heterocycles. The van der Waals surface area contributed by atoms with Gasteiger partial charge in [-0.3, -0.25) is 14.5 Å². The fourth-order valence-electron chi connectivity index (χ4n) is 4.44. The van der Waals surface area contributed by atoms with Crippen LogP contribution in [0.1, 0.15) is 35.1 Å². The van der Waals surface area contributed by atoms with E-state index < -0.39 is 0 Å². The van der Waals surface area contributed by atoms with Crippen molar-refractivity contribution in [3.63, 3.8) is 0 Å². The van der Waals surface area contributed by atoms with Crippen molar-refractivity contribution in [3.05, 3.63) is 64.3 Å². The Morgan fingerprint density at radius 2 is 1.58 bits per heavy atom. The number of imide groups is 1. The summed E-state index contributed by atoms with van der Waals surface area (Å²) in [6, 6.07) is 11.5. The third-order valence-corrected chi connectivity index (χ3v) is 6.01. The average molecular weight is 421 g/mol. The fourth-order valence-corrected chi connectivity index (χ4v) is 4.44. The second-order valence-corrected chi connectivity index (χ2v) is 8.12. The summed E-state index contributed by atoms with van der Waals surface area (Å²) < 4.78 is 10.7. The summed E-state index contributed by atoms with van der Waals surface area (Å²) in [6.45, 7) is 5.80. The smallest absolute Gasteiger partial charge is 0.278 e. The number of ether oxygens (including phenoxy) is 2. The summed E-state index contributed by atoms with van der Waals surface area (Å²) in [6.07, 6.45) is 2.06. The summed E-state index contributed by atoms with van der Waals surface area (Å²) in [5.74, 6) is 0.712. The van der Waals surface area contributed by atoms with Crippen LogP contribution in [0.25, 0.3) is 5.57 Å². The van der Waals surface area contributed by atoms with E-state index in [2.05, 4.69) is 11.0 Å². The van der Waals surface area contributed by atoms with E-state index in [-0.39, 0.29) is 18.4 Å². The van der Waals surface area contributed by atoms with Crippen molar-refractivity contribution in [2.24, 2.45) is 0 Å². The zero-order chi connectivity index (χ0) is 22.1. The third kappa shape index (κ3) is 3.78. The van der Waals surface area contributed by atoms with E-state index in [1.807, 2.05) is 38.1 Å². The third-order valence-electron chi connectivity index (χ3n) is 6.01. The molecule has 2 aromatic carbocycles. The van der Waals surface area contributed by atoms with Crippen molar-refractivity contribution in [1.82, 2.24) is 9.80 Å². The highest BCUT2D eigenvalue weighted by Crippen LogP contribution is 2.36. The standard InChI is InChI=1S/C25H28N2O4/c1-16-7-9-19(17(2)13-16)22-23(26-11-5-6-12-26)25(29)27(24(22)28)15-18-8-10-20(30-3)21(14-18)31-4/h7-10,13-14H,5-6,11-12,15H2,1-4H3. The molecule has 6 nitrogen and oxygen atoms in total. The molecule has 1 saturated heterocycles. The molecule has 2 aromatic rings. The fraction of sp³-hybridized carbons (Fsp3) is 0.360. The predicted octanol–water partition coefficient (Wildman–Crippen LogP) is 3.70. The predicted molar refractivity (Wildman–Crippen MR) is 119 cm³/mol. The van der Waals surface area contributed by atoms with E-state index in [1.54, 1.807) is 20.3 Å². The number of rotatable bonds is 6. The molecule has 0 bridgehead atoms. The van der Waals surface area contributed by atoms with Crippen LogP contribution in [0, 0.1) is 13.8 Å². The number of benzene rings is 2. The molecule has 4 rings (SSSR count). The van der Waals surface area contributed by atoms with Gasteiger partial charge in [0.15, 0.2) is 11.5 Å². The van der Waals surface area contributed by atoms with Crippen molar-refractivity contribution >= 4 is 17.4 Å².